The van der Waals surface area contributed by atoms with E-state index in [1.165, 1.54) is 4.90 Å². The van der Waals surface area contributed by atoms with Gasteiger partial charge in [-0.3, -0.25) is 4.79 Å². The van der Waals surface area contributed by atoms with Crippen molar-refractivity contribution in [1.29, 1.82) is 0 Å². The number of hydrogen-bond acceptors (Lipinski definition) is 5. The van der Waals surface area contributed by atoms with Crippen molar-refractivity contribution in [3.63, 3.8) is 0 Å². The van der Waals surface area contributed by atoms with Crippen LogP contribution in [-0.4, -0.2) is 59.5 Å². The smallest absolute Gasteiger partial charge is 0.257 e. The number of ether oxygens (including phenoxy) is 2. The second-order valence-corrected chi connectivity index (χ2v) is 5.45. The number of amides is 1. The van der Waals surface area contributed by atoms with Crippen LogP contribution >= 0.6 is 0 Å². The molecule has 21 heavy (non-hydrogen) atoms. The predicted molar refractivity (Wildman–Crippen MR) is 74.6 cm³/mol. The molecule has 0 unspecified atom stereocenters. The largest absolute Gasteiger partial charge is 0.486 e. The highest BCUT2D eigenvalue weighted by molar-refractivity contribution is 5.98. The van der Waals surface area contributed by atoms with Crippen molar-refractivity contribution in [2.75, 3.05) is 20.3 Å². The Morgan fingerprint density at radius 1 is 1.24 bits per heavy atom. The summed E-state index contributed by atoms with van der Waals surface area (Å²) < 4.78 is 11.0. The van der Waals surface area contributed by atoms with E-state index in [0.717, 1.165) is 0 Å². The van der Waals surface area contributed by atoms with Crippen LogP contribution < -0.4 is 9.47 Å². The molecule has 1 aliphatic carbocycles. The average Bonchev–Trinajstić information content (AvgIpc) is 2.85. The highest BCUT2D eigenvalue weighted by Gasteiger charge is 2.38. The molecule has 1 aromatic carbocycles. The van der Waals surface area contributed by atoms with E-state index in [-0.39, 0.29) is 11.9 Å². The summed E-state index contributed by atoms with van der Waals surface area (Å²) in [6.45, 7) is 0.875. The maximum Gasteiger partial charge on any atom is 0.257 e. The third-order valence-electron chi connectivity index (χ3n) is 4.16. The molecule has 3 atom stereocenters. The zero-order chi connectivity index (χ0) is 15.0. The van der Waals surface area contributed by atoms with E-state index >= 15 is 0 Å². The van der Waals surface area contributed by atoms with Crippen molar-refractivity contribution in [1.82, 2.24) is 4.90 Å². The second kappa shape index (κ2) is 5.54. The summed E-state index contributed by atoms with van der Waals surface area (Å²) in [7, 11) is 1.64. The van der Waals surface area contributed by atoms with E-state index in [2.05, 4.69) is 0 Å². The van der Waals surface area contributed by atoms with Gasteiger partial charge in [0, 0.05) is 7.05 Å². The molecule has 1 heterocycles. The third kappa shape index (κ3) is 2.45. The SMILES string of the molecule is CN(C(=O)c1cccc2c1OCCO2)[C@@H]1CC[C@@H](O)[C@@H]1O. The standard InChI is InChI=1S/C15H19NO5/c1-16(10-5-6-11(17)13(10)18)15(19)9-3-2-4-12-14(9)21-8-7-20-12/h2-4,10-11,13,17-18H,5-8H2,1H3/t10-,11-,13-/m1/s1. The fourth-order valence-corrected chi connectivity index (χ4v) is 2.94. The number of aliphatic hydroxyl groups excluding tert-OH is 2. The second-order valence-electron chi connectivity index (χ2n) is 5.45. The summed E-state index contributed by atoms with van der Waals surface area (Å²) in [6, 6.07) is 4.81. The lowest BCUT2D eigenvalue weighted by atomic mass is 10.1. The van der Waals surface area contributed by atoms with Crippen LogP contribution in [0.2, 0.25) is 0 Å². The molecule has 2 N–H and O–H groups in total. The Labute approximate surface area is 122 Å². The van der Waals surface area contributed by atoms with Crippen LogP contribution in [0.25, 0.3) is 0 Å². The van der Waals surface area contributed by atoms with E-state index in [4.69, 9.17) is 9.47 Å². The van der Waals surface area contributed by atoms with Gasteiger partial charge in [0.15, 0.2) is 11.5 Å². The molecule has 3 rings (SSSR count). The topological polar surface area (TPSA) is 79.2 Å². The summed E-state index contributed by atoms with van der Waals surface area (Å²) in [5.41, 5.74) is 0.420. The number of likely N-dealkylation sites (N-methyl/N-ethyl adjacent to an activating group) is 1. The fourth-order valence-electron chi connectivity index (χ4n) is 2.94. The van der Waals surface area contributed by atoms with Crippen LogP contribution in [0, 0.1) is 0 Å². The molecule has 6 nitrogen and oxygen atoms in total. The van der Waals surface area contributed by atoms with Crippen molar-refractivity contribution in [3.8, 4) is 11.5 Å². The van der Waals surface area contributed by atoms with Gasteiger partial charge in [0.1, 0.15) is 19.3 Å². The highest BCUT2D eigenvalue weighted by atomic mass is 16.6. The number of benzene rings is 1. The summed E-state index contributed by atoms with van der Waals surface area (Å²) in [5, 5.41) is 19.6. The normalized spacial score (nSPS) is 27.5. The lowest BCUT2D eigenvalue weighted by molar-refractivity contribution is 0.00641. The number of nitrogens with zero attached hydrogens (tertiary/aromatic N) is 1. The van der Waals surface area contributed by atoms with Gasteiger partial charge in [-0.05, 0) is 25.0 Å². The molecular formula is C15H19NO5. The Morgan fingerprint density at radius 2 is 2.00 bits per heavy atom. The van der Waals surface area contributed by atoms with Crippen molar-refractivity contribution < 1.29 is 24.5 Å². The third-order valence-corrected chi connectivity index (χ3v) is 4.16. The lowest BCUT2D eigenvalue weighted by Gasteiger charge is -2.29. The minimum absolute atomic E-state index is 0.240. The average molecular weight is 293 g/mol. The first-order chi connectivity index (χ1) is 10.1. The molecule has 114 valence electrons. The molecular weight excluding hydrogens is 274 g/mol. The number of aliphatic hydroxyl groups is 2. The summed E-state index contributed by atoms with van der Waals surface area (Å²) >= 11 is 0. The lowest BCUT2D eigenvalue weighted by Crippen LogP contribution is -2.44. The van der Waals surface area contributed by atoms with Crippen molar-refractivity contribution >= 4 is 5.91 Å². The van der Waals surface area contributed by atoms with Crippen molar-refractivity contribution in [2.24, 2.45) is 0 Å². The number of carbonyl (C=O) groups is 1. The number of hydrogen-bond donors (Lipinski definition) is 2. The number of carbonyl (C=O) groups excluding carboxylic acids is 1. The maximum absolute atomic E-state index is 12.7. The van der Waals surface area contributed by atoms with E-state index in [0.29, 0.717) is 43.1 Å². The van der Waals surface area contributed by atoms with Gasteiger partial charge in [0.25, 0.3) is 5.91 Å². The van der Waals surface area contributed by atoms with Gasteiger partial charge in [0.05, 0.1) is 17.7 Å². The monoisotopic (exact) mass is 293 g/mol. The molecule has 0 aromatic heterocycles. The Hall–Kier alpha value is -1.79. The van der Waals surface area contributed by atoms with Crippen molar-refractivity contribution in [3.05, 3.63) is 23.8 Å². The molecule has 0 radical (unpaired) electrons. The zero-order valence-electron chi connectivity index (χ0n) is 11.9. The number of rotatable bonds is 2. The maximum atomic E-state index is 12.7. The van der Waals surface area contributed by atoms with E-state index in [9.17, 15) is 15.0 Å². The van der Waals surface area contributed by atoms with Gasteiger partial charge >= 0.3 is 0 Å². The molecule has 0 spiro atoms. The zero-order valence-corrected chi connectivity index (χ0v) is 11.9. The Balaban J connectivity index is 1.85. The summed E-state index contributed by atoms with van der Waals surface area (Å²) in [5.74, 6) is 0.775. The van der Waals surface area contributed by atoms with Crippen LogP contribution in [0.1, 0.15) is 23.2 Å². The Morgan fingerprint density at radius 3 is 2.71 bits per heavy atom. The molecule has 6 heteroatoms. The van der Waals surface area contributed by atoms with E-state index < -0.39 is 12.2 Å². The van der Waals surface area contributed by atoms with E-state index in [1.807, 2.05) is 0 Å². The van der Waals surface area contributed by atoms with Crippen LogP contribution in [0.15, 0.2) is 18.2 Å². The molecule has 1 saturated carbocycles. The van der Waals surface area contributed by atoms with Crippen LogP contribution in [-0.2, 0) is 0 Å². The van der Waals surface area contributed by atoms with Crippen molar-refractivity contribution in [2.45, 2.75) is 31.1 Å². The van der Waals surface area contributed by atoms with Gasteiger partial charge < -0.3 is 24.6 Å². The van der Waals surface area contributed by atoms with Crippen LogP contribution in [0.4, 0.5) is 0 Å². The molecule has 2 aliphatic rings. The van der Waals surface area contributed by atoms with Crippen LogP contribution in [0.3, 0.4) is 0 Å². The fraction of sp³-hybridized carbons (Fsp3) is 0.533. The first-order valence-electron chi connectivity index (χ1n) is 7.11. The van der Waals surface area contributed by atoms with Crippen LogP contribution in [0.5, 0.6) is 11.5 Å². The van der Waals surface area contributed by atoms with Gasteiger partial charge in [0.2, 0.25) is 0 Å². The summed E-state index contributed by atoms with van der Waals surface area (Å²) in [6.07, 6.45) is -0.599. The van der Waals surface area contributed by atoms with Gasteiger partial charge in [-0.1, -0.05) is 6.07 Å². The predicted octanol–water partition coefficient (Wildman–Crippen LogP) is 0.414. The molecule has 0 bridgehead atoms. The van der Waals surface area contributed by atoms with Gasteiger partial charge in [-0.2, -0.15) is 0 Å². The Kier molecular flexibility index (Phi) is 3.73. The molecule has 1 amide bonds. The number of fused-ring (bicyclic) bond motifs is 1. The molecule has 0 saturated heterocycles. The Bertz CT molecular complexity index is 547. The van der Waals surface area contributed by atoms with E-state index in [1.54, 1.807) is 25.2 Å². The first kappa shape index (κ1) is 14.2. The molecule has 1 fully saturated rings. The van der Waals surface area contributed by atoms with Gasteiger partial charge in [-0.15, -0.1) is 0 Å². The quantitative estimate of drug-likeness (QED) is 0.826. The number of para-hydroxylation sites is 1. The molecule has 1 aliphatic heterocycles. The minimum atomic E-state index is -0.907. The van der Waals surface area contributed by atoms with Gasteiger partial charge in [-0.25, -0.2) is 0 Å². The minimum Gasteiger partial charge on any atom is -0.486 e. The molecule has 1 aromatic rings. The highest BCUT2D eigenvalue weighted by Crippen LogP contribution is 2.35. The first-order valence-corrected chi connectivity index (χ1v) is 7.11. The summed E-state index contributed by atoms with van der Waals surface area (Å²) in [4.78, 5) is 14.1.